The van der Waals surface area contributed by atoms with Gasteiger partial charge in [-0.25, -0.2) is 0 Å². The summed E-state index contributed by atoms with van der Waals surface area (Å²) in [7, 11) is 0. The van der Waals surface area contributed by atoms with E-state index >= 15 is 0 Å². The van der Waals surface area contributed by atoms with Crippen LogP contribution in [0.15, 0.2) is 24.4 Å². The molecule has 2 aliphatic heterocycles. The molecule has 6 heteroatoms. The van der Waals surface area contributed by atoms with E-state index in [1.807, 2.05) is 34.2 Å². The molecule has 0 N–H and O–H groups in total. The molecular weight excluding hydrogens is 316 g/mol. The number of piperazine rings is 1. The Labute approximate surface area is 148 Å². The smallest absolute Gasteiger partial charge is 0.227 e. The van der Waals surface area contributed by atoms with E-state index in [1.165, 1.54) is 0 Å². The third kappa shape index (κ3) is 3.84. The number of pyridine rings is 1. The molecular formula is C19H26N4O2. The quantitative estimate of drug-likeness (QED) is 0.823. The molecule has 2 saturated heterocycles. The Balaban J connectivity index is 1.28. The molecule has 2 amide bonds. The van der Waals surface area contributed by atoms with Gasteiger partial charge < -0.3 is 9.80 Å². The maximum atomic E-state index is 12.9. The van der Waals surface area contributed by atoms with Crippen LogP contribution in [0.5, 0.6) is 0 Å². The molecule has 3 fully saturated rings. The Morgan fingerprint density at radius 1 is 1.12 bits per heavy atom. The largest absolute Gasteiger partial charge is 0.340 e. The summed E-state index contributed by atoms with van der Waals surface area (Å²) >= 11 is 0. The number of carbonyl (C=O) groups excluding carboxylic acids is 2. The van der Waals surface area contributed by atoms with E-state index in [4.69, 9.17) is 0 Å². The van der Waals surface area contributed by atoms with Crippen LogP contribution in [0, 0.1) is 5.92 Å². The zero-order valence-corrected chi connectivity index (χ0v) is 14.6. The molecule has 1 aromatic heterocycles. The Morgan fingerprint density at radius 2 is 1.92 bits per heavy atom. The van der Waals surface area contributed by atoms with Crippen molar-refractivity contribution in [2.75, 3.05) is 32.7 Å². The third-order valence-corrected chi connectivity index (χ3v) is 5.58. The first kappa shape index (κ1) is 16.5. The van der Waals surface area contributed by atoms with Gasteiger partial charge in [-0.1, -0.05) is 6.07 Å². The van der Waals surface area contributed by atoms with Gasteiger partial charge in [-0.2, -0.15) is 0 Å². The van der Waals surface area contributed by atoms with Crippen LogP contribution in [0.25, 0.3) is 0 Å². The second-order valence-corrected chi connectivity index (χ2v) is 7.44. The molecule has 1 aromatic rings. The first-order chi connectivity index (χ1) is 12.2. The monoisotopic (exact) mass is 342 g/mol. The minimum atomic E-state index is 0.000593. The van der Waals surface area contributed by atoms with Gasteiger partial charge in [0.2, 0.25) is 11.8 Å². The van der Waals surface area contributed by atoms with E-state index < -0.39 is 0 Å². The molecule has 1 unspecified atom stereocenters. The number of hydrogen-bond donors (Lipinski definition) is 0. The average Bonchev–Trinajstić information content (AvgIpc) is 3.48. The van der Waals surface area contributed by atoms with Gasteiger partial charge in [0.25, 0.3) is 0 Å². The lowest BCUT2D eigenvalue weighted by molar-refractivity contribution is -0.144. The summed E-state index contributed by atoms with van der Waals surface area (Å²) in [5.41, 5.74) is 1.08. The lowest BCUT2D eigenvalue weighted by Crippen LogP contribution is -2.53. The maximum Gasteiger partial charge on any atom is 0.227 e. The molecule has 1 saturated carbocycles. The number of amides is 2. The topological polar surface area (TPSA) is 56.8 Å². The summed E-state index contributed by atoms with van der Waals surface area (Å²) in [5.74, 6) is 0.489. The van der Waals surface area contributed by atoms with E-state index in [9.17, 15) is 9.59 Å². The first-order valence-electron chi connectivity index (χ1n) is 9.41. The molecule has 0 spiro atoms. The van der Waals surface area contributed by atoms with Crippen LogP contribution in [0.2, 0.25) is 0 Å². The van der Waals surface area contributed by atoms with Crippen LogP contribution >= 0.6 is 0 Å². The van der Waals surface area contributed by atoms with Crippen LogP contribution in [0.3, 0.4) is 0 Å². The standard InChI is InChI=1S/C19H26N4O2/c24-18-7-4-15(13-23(18)17-5-6-17)19(25)22-11-9-21(10-12-22)14-16-3-1-2-8-20-16/h1-3,8,15,17H,4-7,9-14H2. The fourth-order valence-corrected chi connectivity index (χ4v) is 3.92. The van der Waals surface area contributed by atoms with Crippen molar-refractivity contribution in [1.29, 1.82) is 0 Å². The van der Waals surface area contributed by atoms with Crippen molar-refractivity contribution in [2.24, 2.45) is 5.92 Å². The summed E-state index contributed by atoms with van der Waals surface area (Å²) in [6, 6.07) is 6.40. The van der Waals surface area contributed by atoms with E-state index in [2.05, 4.69) is 9.88 Å². The summed E-state index contributed by atoms with van der Waals surface area (Å²) < 4.78 is 0. The Hall–Kier alpha value is -1.95. The van der Waals surface area contributed by atoms with Crippen molar-refractivity contribution in [3.05, 3.63) is 30.1 Å². The van der Waals surface area contributed by atoms with Gasteiger partial charge in [0, 0.05) is 57.9 Å². The minimum absolute atomic E-state index is 0.000593. The van der Waals surface area contributed by atoms with Gasteiger partial charge in [0.1, 0.15) is 0 Å². The number of aromatic nitrogens is 1. The Bertz CT molecular complexity index is 624. The SMILES string of the molecule is O=C(C1CCC(=O)N(C2CC2)C1)N1CCN(Cc2ccccn2)CC1. The molecule has 134 valence electrons. The number of rotatable bonds is 4. The Kier molecular flexibility index (Phi) is 4.70. The predicted octanol–water partition coefficient (Wildman–Crippen LogP) is 1.13. The highest BCUT2D eigenvalue weighted by Crippen LogP contribution is 2.32. The van der Waals surface area contributed by atoms with Crippen LogP contribution < -0.4 is 0 Å². The molecule has 0 aromatic carbocycles. The molecule has 0 radical (unpaired) electrons. The Morgan fingerprint density at radius 3 is 2.60 bits per heavy atom. The van der Waals surface area contributed by atoms with Crippen LogP contribution in [0.4, 0.5) is 0 Å². The summed E-state index contributed by atoms with van der Waals surface area (Å²) in [4.78, 5) is 35.6. The average molecular weight is 342 g/mol. The van der Waals surface area contributed by atoms with E-state index in [0.29, 0.717) is 19.0 Å². The van der Waals surface area contributed by atoms with Crippen LogP contribution in [-0.4, -0.2) is 70.3 Å². The van der Waals surface area contributed by atoms with Crippen molar-refractivity contribution < 1.29 is 9.59 Å². The van der Waals surface area contributed by atoms with Gasteiger partial charge >= 0.3 is 0 Å². The fourth-order valence-electron chi connectivity index (χ4n) is 3.92. The van der Waals surface area contributed by atoms with Gasteiger partial charge in [-0.05, 0) is 31.4 Å². The lowest BCUT2D eigenvalue weighted by Gasteiger charge is -2.39. The number of likely N-dealkylation sites (tertiary alicyclic amines) is 1. The van der Waals surface area contributed by atoms with Gasteiger partial charge in [-0.3, -0.25) is 19.5 Å². The predicted molar refractivity (Wildman–Crippen MR) is 93.6 cm³/mol. The highest BCUT2D eigenvalue weighted by molar-refractivity contribution is 5.84. The molecule has 4 rings (SSSR count). The van der Waals surface area contributed by atoms with Gasteiger partial charge in [0.15, 0.2) is 0 Å². The minimum Gasteiger partial charge on any atom is -0.340 e. The zero-order chi connectivity index (χ0) is 17.2. The normalized spacial score (nSPS) is 25.3. The number of piperidine rings is 1. The molecule has 0 bridgehead atoms. The maximum absolute atomic E-state index is 12.9. The number of carbonyl (C=O) groups is 2. The number of nitrogens with zero attached hydrogens (tertiary/aromatic N) is 4. The first-order valence-corrected chi connectivity index (χ1v) is 9.41. The van der Waals surface area contributed by atoms with E-state index in [0.717, 1.165) is 57.7 Å². The molecule has 3 aliphatic rings. The zero-order valence-electron chi connectivity index (χ0n) is 14.6. The van der Waals surface area contributed by atoms with Crippen molar-refractivity contribution in [1.82, 2.24) is 19.7 Å². The third-order valence-electron chi connectivity index (χ3n) is 5.58. The molecule has 25 heavy (non-hydrogen) atoms. The van der Waals surface area contributed by atoms with Gasteiger partial charge in [0.05, 0.1) is 11.6 Å². The molecule has 6 nitrogen and oxygen atoms in total. The molecule has 1 atom stereocenters. The van der Waals surface area contributed by atoms with Crippen molar-refractivity contribution in [3.63, 3.8) is 0 Å². The van der Waals surface area contributed by atoms with Crippen molar-refractivity contribution in [3.8, 4) is 0 Å². The van der Waals surface area contributed by atoms with Crippen LogP contribution in [-0.2, 0) is 16.1 Å². The molecule has 3 heterocycles. The van der Waals surface area contributed by atoms with Gasteiger partial charge in [-0.15, -0.1) is 0 Å². The second-order valence-electron chi connectivity index (χ2n) is 7.44. The van der Waals surface area contributed by atoms with Crippen molar-refractivity contribution in [2.45, 2.75) is 38.3 Å². The number of hydrogen-bond acceptors (Lipinski definition) is 4. The second kappa shape index (κ2) is 7.12. The highest BCUT2D eigenvalue weighted by atomic mass is 16.2. The molecule has 1 aliphatic carbocycles. The summed E-state index contributed by atoms with van der Waals surface area (Å²) in [6.45, 7) is 4.81. The lowest BCUT2D eigenvalue weighted by atomic mass is 9.95. The summed E-state index contributed by atoms with van der Waals surface area (Å²) in [5, 5.41) is 0. The van der Waals surface area contributed by atoms with E-state index in [1.54, 1.807) is 0 Å². The fraction of sp³-hybridized carbons (Fsp3) is 0.632. The van der Waals surface area contributed by atoms with Crippen LogP contribution in [0.1, 0.15) is 31.4 Å². The summed E-state index contributed by atoms with van der Waals surface area (Å²) in [6.07, 6.45) is 5.30. The van der Waals surface area contributed by atoms with E-state index in [-0.39, 0.29) is 17.7 Å². The van der Waals surface area contributed by atoms with Crippen molar-refractivity contribution >= 4 is 11.8 Å². The highest BCUT2D eigenvalue weighted by Gasteiger charge is 2.39.